The molecule has 4 heteroatoms. The van der Waals surface area contributed by atoms with Crippen LogP contribution in [0.4, 0.5) is 0 Å². The van der Waals surface area contributed by atoms with Gasteiger partial charge in [-0.05, 0) is 32.4 Å². The molecule has 0 aromatic carbocycles. The molecule has 1 atom stereocenters. The maximum Gasteiger partial charge on any atom is 0.219 e. The predicted octanol–water partition coefficient (Wildman–Crippen LogP) is 0.293. The summed E-state index contributed by atoms with van der Waals surface area (Å²) in [6, 6.07) is 0.684. The van der Waals surface area contributed by atoms with Crippen LogP contribution in [0.1, 0.15) is 26.2 Å². The monoisotopic (exact) mass is 225 g/mol. The van der Waals surface area contributed by atoms with Crippen LogP contribution in [0.5, 0.6) is 0 Å². The van der Waals surface area contributed by atoms with Gasteiger partial charge in [-0.1, -0.05) is 0 Å². The molecular formula is C12H23N3O. The van der Waals surface area contributed by atoms with E-state index in [-0.39, 0.29) is 5.91 Å². The van der Waals surface area contributed by atoms with Gasteiger partial charge in [0.25, 0.3) is 0 Å². The summed E-state index contributed by atoms with van der Waals surface area (Å²) < 4.78 is 0. The van der Waals surface area contributed by atoms with Gasteiger partial charge in [-0.3, -0.25) is 9.69 Å². The second kappa shape index (κ2) is 5.64. The molecule has 2 heterocycles. The number of hydrogen-bond donors (Lipinski definition) is 1. The highest BCUT2D eigenvalue weighted by Crippen LogP contribution is 2.09. The first kappa shape index (κ1) is 11.9. The minimum absolute atomic E-state index is 0.223. The molecule has 16 heavy (non-hydrogen) atoms. The van der Waals surface area contributed by atoms with Crippen molar-refractivity contribution in [2.75, 3.05) is 39.3 Å². The van der Waals surface area contributed by atoms with E-state index in [1.165, 1.54) is 19.4 Å². The fourth-order valence-electron chi connectivity index (χ4n) is 2.69. The van der Waals surface area contributed by atoms with E-state index in [2.05, 4.69) is 10.2 Å². The Morgan fingerprint density at radius 1 is 1.25 bits per heavy atom. The SMILES string of the molecule is CC(=O)N1CCCN(C[C@H]2CCCN2)CC1. The van der Waals surface area contributed by atoms with Crippen LogP contribution >= 0.6 is 0 Å². The number of rotatable bonds is 2. The molecule has 2 rings (SSSR count). The zero-order chi connectivity index (χ0) is 11.4. The van der Waals surface area contributed by atoms with Crippen LogP contribution in [-0.2, 0) is 4.79 Å². The van der Waals surface area contributed by atoms with E-state index < -0.39 is 0 Å². The largest absolute Gasteiger partial charge is 0.342 e. The van der Waals surface area contributed by atoms with Crippen LogP contribution in [0.15, 0.2) is 0 Å². The minimum atomic E-state index is 0.223. The average Bonchev–Trinajstić information content (AvgIpc) is 2.63. The summed E-state index contributed by atoms with van der Waals surface area (Å²) in [7, 11) is 0. The first-order chi connectivity index (χ1) is 7.75. The molecule has 0 aromatic rings. The standard InChI is InChI=1S/C12H23N3O/c1-11(16)15-7-3-6-14(8-9-15)10-12-4-2-5-13-12/h12-13H,2-10H2,1H3/t12-/m1/s1. The molecule has 2 aliphatic heterocycles. The van der Waals surface area contributed by atoms with Crippen molar-refractivity contribution in [3.05, 3.63) is 0 Å². The molecule has 1 amide bonds. The second-order valence-corrected chi connectivity index (χ2v) is 4.95. The Morgan fingerprint density at radius 2 is 2.12 bits per heavy atom. The van der Waals surface area contributed by atoms with Crippen LogP contribution in [0, 0.1) is 0 Å². The molecule has 2 fully saturated rings. The fraction of sp³-hybridized carbons (Fsp3) is 0.917. The van der Waals surface area contributed by atoms with Gasteiger partial charge in [-0.2, -0.15) is 0 Å². The lowest BCUT2D eigenvalue weighted by atomic mass is 10.2. The summed E-state index contributed by atoms with van der Waals surface area (Å²) in [5.74, 6) is 0.223. The highest BCUT2D eigenvalue weighted by molar-refractivity contribution is 5.73. The summed E-state index contributed by atoms with van der Waals surface area (Å²) in [5, 5.41) is 3.54. The average molecular weight is 225 g/mol. The lowest BCUT2D eigenvalue weighted by Crippen LogP contribution is -2.40. The quantitative estimate of drug-likeness (QED) is 0.734. The molecule has 0 bridgehead atoms. The van der Waals surface area contributed by atoms with Crippen molar-refractivity contribution < 1.29 is 4.79 Å². The molecule has 2 saturated heterocycles. The summed E-state index contributed by atoms with van der Waals surface area (Å²) in [4.78, 5) is 15.8. The number of nitrogens with zero attached hydrogens (tertiary/aromatic N) is 2. The Hall–Kier alpha value is -0.610. The van der Waals surface area contributed by atoms with Crippen molar-refractivity contribution in [1.29, 1.82) is 0 Å². The third-order valence-electron chi connectivity index (χ3n) is 3.67. The molecule has 0 spiro atoms. The molecule has 0 aromatic heterocycles. The number of amides is 1. The second-order valence-electron chi connectivity index (χ2n) is 4.95. The Balaban J connectivity index is 1.77. The maximum atomic E-state index is 11.3. The van der Waals surface area contributed by atoms with Gasteiger partial charge in [0.2, 0.25) is 5.91 Å². The Kier molecular flexibility index (Phi) is 4.18. The zero-order valence-electron chi connectivity index (χ0n) is 10.2. The lowest BCUT2D eigenvalue weighted by molar-refractivity contribution is -0.128. The Morgan fingerprint density at radius 3 is 2.81 bits per heavy atom. The van der Waals surface area contributed by atoms with E-state index in [1.54, 1.807) is 6.92 Å². The zero-order valence-corrected chi connectivity index (χ0v) is 10.2. The van der Waals surface area contributed by atoms with Gasteiger partial charge in [-0.15, -0.1) is 0 Å². The van der Waals surface area contributed by atoms with Gasteiger partial charge < -0.3 is 10.2 Å². The molecule has 0 unspecified atom stereocenters. The van der Waals surface area contributed by atoms with E-state index >= 15 is 0 Å². The summed E-state index contributed by atoms with van der Waals surface area (Å²) >= 11 is 0. The summed E-state index contributed by atoms with van der Waals surface area (Å²) in [6.45, 7) is 8.03. The molecule has 4 nitrogen and oxygen atoms in total. The third kappa shape index (κ3) is 3.19. The number of carbonyl (C=O) groups is 1. The summed E-state index contributed by atoms with van der Waals surface area (Å²) in [5.41, 5.74) is 0. The van der Waals surface area contributed by atoms with Gasteiger partial charge in [0.15, 0.2) is 0 Å². The highest BCUT2D eigenvalue weighted by atomic mass is 16.2. The van der Waals surface area contributed by atoms with E-state index in [1.807, 2.05) is 4.90 Å². The third-order valence-corrected chi connectivity index (χ3v) is 3.67. The smallest absolute Gasteiger partial charge is 0.219 e. The first-order valence-electron chi connectivity index (χ1n) is 6.47. The van der Waals surface area contributed by atoms with Gasteiger partial charge in [-0.25, -0.2) is 0 Å². The topological polar surface area (TPSA) is 35.6 Å². The molecule has 0 aliphatic carbocycles. The van der Waals surface area contributed by atoms with E-state index in [4.69, 9.17) is 0 Å². The van der Waals surface area contributed by atoms with Crippen molar-refractivity contribution >= 4 is 5.91 Å². The fourth-order valence-corrected chi connectivity index (χ4v) is 2.69. The Bertz CT molecular complexity index is 238. The molecule has 2 aliphatic rings. The van der Waals surface area contributed by atoms with Gasteiger partial charge in [0.1, 0.15) is 0 Å². The van der Waals surface area contributed by atoms with Gasteiger partial charge in [0.05, 0.1) is 0 Å². The van der Waals surface area contributed by atoms with Crippen molar-refractivity contribution in [2.45, 2.75) is 32.2 Å². The molecule has 1 N–H and O–H groups in total. The van der Waals surface area contributed by atoms with Crippen LogP contribution < -0.4 is 5.32 Å². The number of hydrogen-bond acceptors (Lipinski definition) is 3. The maximum absolute atomic E-state index is 11.3. The lowest BCUT2D eigenvalue weighted by Gasteiger charge is -2.24. The van der Waals surface area contributed by atoms with Crippen molar-refractivity contribution in [2.24, 2.45) is 0 Å². The number of nitrogens with one attached hydrogen (secondary N) is 1. The molecule has 0 radical (unpaired) electrons. The predicted molar refractivity (Wildman–Crippen MR) is 64.3 cm³/mol. The highest BCUT2D eigenvalue weighted by Gasteiger charge is 2.21. The van der Waals surface area contributed by atoms with Crippen molar-refractivity contribution in [3.8, 4) is 0 Å². The summed E-state index contributed by atoms with van der Waals surface area (Å²) in [6.07, 6.45) is 3.75. The van der Waals surface area contributed by atoms with Crippen molar-refractivity contribution in [1.82, 2.24) is 15.1 Å². The van der Waals surface area contributed by atoms with E-state index in [9.17, 15) is 4.79 Å². The van der Waals surface area contributed by atoms with Gasteiger partial charge in [0, 0.05) is 39.1 Å². The number of carbonyl (C=O) groups excluding carboxylic acids is 1. The van der Waals surface area contributed by atoms with E-state index in [0.29, 0.717) is 6.04 Å². The molecule has 0 saturated carbocycles. The Labute approximate surface area is 98.0 Å². The first-order valence-corrected chi connectivity index (χ1v) is 6.47. The minimum Gasteiger partial charge on any atom is -0.342 e. The van der Waals surface area contributed by atoms with Crippen LogP contribution in [-0.4, -0.2) is 61.0 Å². The van der Waals surface area contributed by atoms with E-state index in [0.717, 1.165) is 39.1 Å². The molecular weight excluding hydrogens is 202 g/mol. The van der Waals surface area contributed by atoms with Crippen LogP contribution in [0.25, 0.3) is 0 Å². The van der Waals surface area contributed by atoms with Crippen LogP contribution in [0.3, 0.4) is 0 Å². The van der Waals surface area contributed by atoms with Crippen LogP contribution in [0.2, 0.25) is 0 Å². The molecule has 92 valence electrons. The van der Waals surface area contributed by atoms with Crippen molar-refractivity contribution in [3.63, 3.8) is 0 Å². The normalized spacial score (nSPS) is 28.1. The van der Waals surface area contributed by atoms with Gasteiger partial charge >= 0.3 is 0 Å².